The van der Waals surface area contributed by atoms with E-state index in [0.29, 0.717) is 0 Å². The van der Waals surface area contributed by atoms with Gasteiger partial charge in [-0.25, -0.2) is 0 Å². The van der Waals surface area contributed by atoms with Crippen molar-refractivity contribution >= 4 is 23.9 Å². The van der Waals surface area contributed by atoms with E-state index in [1.807, 2.05) is 0 Å². The van der Waals surface area contributed by atoms with E-state index in [1.165, 1.54) is 6.92 Å². The van der Waals surface area contributed by atoms with E-state index in [4.69, 9.17) is 34.0 Å². The Bertz CT molecular complexity index is 663. The van der Waals surface area contributed by atoms with Crippen LogP contribution in [-0.4, -0.2) is 74.3 Å². The molecule has 1 saturated heterocycles. The molecule has 1 heterocycles. The first-order valence-corrected chi connectivity index (χ1v) is 8.58. The average molecular weight is 417 g/mol. The number of carbonyl (C=O) groups is 4. The number of rotatable bonds is 9. The minimum atomic E-state index is -1.31. The SMILES string of the molecule is CC(=O)OC[C@H]1OC(OCCN=[N+]=[N-])[C@H](OC(C)=O)[C@@H](OC(C)=O)[C@@H]1OC(C)=O. The Kier molecular flexibility index (Phi) is 9.86. The molecule has 0 aromatic carbocycles. The van der Waals surface area contributed by atoms with E-state index in [1.54, 1.807) is 0 Å². The van der Waals surface area contributed by atoms with E-state index < -0.39 is 54.6 Å². The van der Waals surface area contributed by atoms with Crippen LogP contribution < -0.4 is 0 Å². The molecule has 0 aromatic heterocycles. The zero-order valence-electron chi connectivity index (χ0n) is 16.4. The Morgan fingerprint density at radius 2 is 1.45 bits per heavy atom. The van der Waals surface area contributed by atoms with Gasteiger partial charge in [-0.1, -0.05) is 5.11 Å². The lowest BCUT2D eigenvalue weighted by Crippen LogP contribution is -2.63. The van der Waals surface area contributed by atoms with Gasteiger partial charge in [0.2, 0.25) is 0 Å². The Morgan fingerprint density at radius 3 is 1.97 bits per heavy atom. The van der Waals surface area contributed by atoms with Crippen molar-refractivity contribution in [2.24, 2.45) is 5.11 Å². The van der Waals surface area contributed by atoms with E-state index in [-0.39, 0.29) is 19.8 Å². The van der Waals surface area contributed by atoms with Gasteiger partial charge in [0.25, 0.3) is 0 Å². The molecule has 0 radical (unpaired) electrons. The Balaban J connectivity index is 3.22. The number of hydrogen-bond donors (Lipinski definition) is 0. The van der Waals surface area contributed by atoms with Crippen LogP contribution in [0.2, 0.25) is 0 Å². The van der Waals surface area contributed by atoms with Gasteiger partial charge in [-0.3, -0.25) is 19.2 Å². The Morgan fingerprint density at radius 1 is 0.897 bits per heavy atom. The van der Waals surface area contributed by atoms with Crippen LogP contribution in [0.3, 0.4) is 0 Å². The van der Waals surface area contributed by atoms with Gasteiger partial charge in [0.1, 0.15) is 12.7 Å². The van der Waals surface area contributed by atoms with Gasteiger partial charge in [-0.2, -0.15) is 0 Å². The second kappa shape index (κ2) is 11.8. The number of esters is 4. The fourth-order valence-electron chi connectivity index (χ4n) is 2.58. The van der Waals surface area contributed by atoms with Crippen molar-refractivity contribution in [2.45, 2.75) is 58.4 Å². The third kappa shape index (κ3) is 8.34. The van der Waals surface area contributed by atoms with Gasteiger partial charge in [0.15, 0.2) is 24.6 Å². The highest BCUT2D eigenvalue weighted by atomic mass is 16.7. The maximum absolute atomic E-state index is 11.6. The van der Waals surface area contributed by atoms with Crippen molar-refractivity contribution in [3.05, 3.63) is 10.4 Å². The van der Waals surface area contributed by atoms with Gasteiger partial charge in [0, 0.05) is 39.2 Å². The molecule has 1 rings (SSSR count). The van der Waals surface area contributed by atoms with Crippen LogP contribution in [0, 0.1) is 0 Å². The van der Waals surface area contributed by atoms with E-state index in [2.05, 4.69) is 10.0 Å². The van der Waals surface area contributed by atoms with Crippen LogP contribution in [0.5, 0.6) is 0 Å². The van der Waals surface area contributed by atoms with Gasteiger partial charge < -0.3 is 28.4 Å². The monoisotopic (exact) mass is 417 g/mol. The normalized spacial score (nSPS) is 25.9. The summed E-state index contributed by atoms with van der Waals surface area (Å²) < 4.78 is 31.7. The predicted molar refractivity (Wildman–Crippen MR) is 91.9 cm³/mol. The van der Waals surface area contributed by atoms with Crippen LogP contribution in [0.1, 0.15) is 27.7 Å². The van der Waals surface area contributed by atoms with Crippen LogP contribution in [0.4, 0.5) is 0 Å². The Labute approximate surface area is 166 Å². The third-order valence-electron chi connectivity index (χ3n) is 3.48. The molecule has 0 saturated carbocycles. The standard InChI is InChI=1S/C16H23N3O10/c1-8(20)25-7-12-13(26-9(2)21)14(27-10(3)22)15(28-11(4)23)16(29-12)24-6-5-18-19-17/h12-16H,5-7H2,1-4H3/t12-,13-,14+,15-,16?/m1/s1. The van der Waals surface area contributed by atoms with Gasteiger partial charge in [0.05, 0.1) is 6.61 Å². The molecule has 1 fully saturated rings. The number of nitrogens with zero attached hydrogens (tertiary/aromatic N) is 3. The fraction of sp³-hybridized carbons (Fsp3) is 0.750. The first-order valence-electron chi connectivity index (χ1n) is 8.58. The van der Waals surface area contributed by atoms with Crippen molar-refractivity contribution < 1.29 is 47.6 Å². The molecule has 0 aliphatic carbocycles. The zero-order chi connectivity index (χ0) is 22.0. The average Bonchev–Trinajstić information content (AvgIpc) is 2.60. The molecule has 0 aromatic rings. The molecule has 0 spiro atoms. The number of azide groups is 1. The molecule has 5 atom stereocenters. The molecule has 0 N–H and O–H groups in total. The number of carbonyl (C=O) groups excluding carboxylic acids is 4. The highest BCUT2D eigenvalue weighted by Gasteiger charge is 2.52. The minimum Gasteiger partial charge on any atom is -0.463 e. The summed E-state index contributed by atoms with van der Waals surface area (Å²) in [6, 6.07) is 0. The van der Waals surface area contributed by atoms with Crippen molar-refractivity contribution in [3.63, 3.8) is 0 Å². The molecule has 0 bridgehead atoms. The van der Waals surface area contributed by atoms with Gasteiger partial charge in [-0.05, 0) is 5.53 Å². The maximum atomic E-state index is 11.6. The van der Waals surface area contributed by atoms with Gasteiger partial charge in [-0.15, -0.1) is 0 Å². The highest BCUT2D eigenvalue weighted by molar-refractivity contribution is 5.68. The summed E-state index contributed by atoms with van der Waals surface area (Å²) in [5.41, 5.74) is 8.35. The van der Waals surface area contributed by atoms with Crippen LogP contribution in [0.15, 0.2) is 5.11 Å². The van der Waals surface area contributed by atoms with E-state index in [9.17, 15) is 19.2 Å². The van der Waals surface area contributed by atoms with Gasteiger partial charge >= 0.3 is 23.9 Å². The molecule has 162 valence electrons. The summed E-state index contributed by atoms with van der Waals surface area (Å²) in [6.45, 7) is 4.01. The van der Waals surface area contributed by atoms with Crippen molar-refractivity contribution in [2.75, 3.05) is 19.8 Å². The van der Waals surface area contributed by atoms with Crippen LogP contribution in [-0.2, 0) is 47.6 Å². The molecule has 13 nitrogen and oxygen atoms in total. The lowest BCUT2D eigenvalue weighted by Gasteiger charge is -2.44. The predicted octanol–water partition coefficient (Wildman–Crippen LogP) is 0.396. The van der Waals surface area contributed by atoms with E-state index in [0.717, 1.165) is 20.8 Å². The first-order chi connectivity index (χ1) is 13.6. The van der Waals surface area contributed by atoms with Crippen molar-refractivity contribution in [1.82, 2.24) is 0 Å². The lowest BCUT2D eigenvalue weighted by atomic mass is 9.98. The van der Waals surface area contributed by atoms with Crippen molar-refractivity contribution in [1.29, 1.82) is 0 Å². The molecule has 1 aliphatic rings. The lowest BCUT2D eigenvalue weighted by molar-refractivity contribution is -0.307. The second-order valence-electron chi connectivity index (χ2n) is 5.89. The molecular weight excluding hydrogens is 394 g/mol. The Hall–Kier alpha value is -2.89. The molecule has 1 aliphatic heterocycles. The molecule has 29 heavy (non-hydrogen) atoms. The summed E-state index contributed by atoms with van der Waals surface area (Å²) in [5, 5.41) is 3.31. The zero-order valence-corrected chi connectivity index (χ0v) is 16.4. The third-order valence-corrected chi connectivity index (χ3v) is 3.48. The van der Waals surface area contributed by atoms with Crippen molar-refractivity contribution in [3.8, 4) is 0 Å². The fourth-order valence-corrected chi connectivity index (χ4v) is 2.58. The molecule has 0 amide bonds. The highest BCUT2D eigenvalue weighted by Crippen LogP contribution is 2.29. The summed E-state index contributed by atoms with van der Waals surface area (Å²) in [6.07, 6.45) is -6.25. The van der Waals surface area contributed by atoms with Crippen LogP contribution >= 0.6 is 0 Å². The quantitative estimate of drug-likeness (QED) is 0.128. The molecule has 13 heteroatoms. The molecule has 1 unspecified atom stereocenters. The second-order valence-corrected chi connectivity index (χ2v) is 5.89. The largest absolute Gasteiger partial charge is 0.463 e. The van der Waals surface area contributed by atoms with Crippen LogP contribution in [0.25, 0.3) is 10.4 Å². The topological polar surface area (TPSA) is 172 Å². The summed E-state index contributed by atoms with van der Waals surface area (Å²) in [4.78, 5) is 48.5. The summed E-state index contributed by atoms with van der Waals surface area (Å²) in [5.74, 6) is -2.83. The minimum absolute atomic E-state index is 0.0522. The first kappa shape index (κ1) is 24.1. The number of ether oxygens (including phenoxy) is 6. The maximum Gasteiger partial charge on any atom is 0.303 e. The summed E-state index contributed by atoms with van der Waals surface area (Å²) >= 11 is 0. The van der Waals surface area contributed by atoms with E-state index >= 15 is 0 Å². The number of hydrogen-bond acceptors (Lipinski definition) is 11. The smallest absolute Gasteiger partial charge is 0.303 e. The summed E-state index contributed by atoms with van der Waals surface area (Å²) in [7, 11) is 0. The molecular formula is C16H23N3O10.